The quantitative estimate of drug-likeness (QED) is 0.674. The Bertz CT molecular complexity index is 420. The number of likely N-dealkylation sites (N-methyl/N-ethyl adjacent to an activating group) is 1. The van der Waals surface area contributed by atoms with Gasteiger partial charge in [-0.2, -0.15) is 0 Å². The number of amides is 1. The molecule has 0 spiro atoms. The van der Waals surface area contributed by atoms with Crippen LogP contribution in [0.2, 0.25) is 0 Å². The highest BCUT2D eigenvalue weighted by molar-refractivity contribution is 6.02. The second-order valence-electron chi connectivity index (χ2n) is 3.88. The first kappa shape index (κ1) is 10.9. The van der Waals surface area contributed by atoms with E-state index >= 15 is 0 Å². The van der Waals surface area contributed by atoms with Gasteiger partial charge in [-0.15, -0.1) is 0 Å². The number of anilines is 2. The van der Waals surface area contributed by atoms with Crippen LogP contribution in [0, 0.1) is 0 Å². The summed E-state index contributed by atoms with van der Waals surface area (Å²) >= 11 is 0. The van der Waals surface area contributed by atoms with Gasteiger partial charge in [0.1, 0.15) is 6.04 Å². The fourth-order valence-corrected chi connectivity index (χ4v) is 1.79. The Hall–Kier alpha value is -1.59. The van der Waals surface area contributed by atoms with Gasteiger partial charge in [0.25, 0.3) is 0 Å². The topological polar surface area (TPSA) is 78.6 Å². The van der Waals surface area contributed by atoms with Gasteiger partial charge in [-0.3, -0.25) is 4.79 Å². The van der Waals surface area contributed by atoms with Crippen molar-refractivity contribution in [1.29, 1.82) is 0 Å². The lowest BCUT2D eigenvalue weighted by Crippen LogP contribution is -2.21. The molecular weight excluding hydrogens is 206 g/mol. The Morgan fingerprint density at radius 2 is 2.31 bits per heavy atom. The van der Waals surface area contributed by atoms with Crippen LogP contribution in [0.3, 0.4) is 0 Å². The molecule has 1 atom stereocenters. The molecule has 0 fully saturated rings. The molecule has 0 saturated carbocycles. The van der Waals surface area contributed by atoms with Crippen molar-refractivity contribution in [3.05, 3.63) is 23.8 Å². The molecule has 1 aromatic carbocycles. The van der Waals surface area contributed by atoms with Crippen LogP contribution in [0.15, 0.2) is 18.2 Å². The first-order valence-electron chi connectivity index (χ1n) is 5.16. The molecular formula is C11H15N3O2. The van der Waals surface area contributed by atoms with E-state index in [1.54, 1.807) is 0 Å². The predicted octanol–water partition coefficient (Wildman–Crippen LogP) is 0.0670. The lowest BCUT2D eigenvalue weighted by Gasteiger charge is -2.18. The fraction of sp³-hybridized carbons (Fsp3) is 0.364. The van der Waals surface area contributed by atoms with Crippen molar-refractivity contribution in [3.8, 4) is 0 Å². The summed E-state index contributed by atoms with van der Waals surface area (Å²) in [7, 11) is 1.88. The monoisotopic (exact) mass is 221 g/mol. The second kappa shape index (κ2) is 4.11. The molecule has 0 bridgehead atoms. The molecule has 4 N–H and O–H groups in total. The van der Waals surface area contributed by atoms with Crippen LogP contribution in [0.25, 0.3) is 0 Å². The van der Waals surface area contributed by atoms with Crippen LogP contribution < -0.4 is 16.0 Å². The number of carbonyl (C=O) groups excluding carboxylic acids is 1. The molecule has 1 aliphatic rings. The Morgan fingerprint density at radius 3 is 3.00 bits per heavy atom. The van der Waals surface area contributed by atoms with Gasteiger partial charge in [0.2, 0.25) is 5.91 Å². The van der Waals surface area contributed by atoms with Gasteiger partial charge in [0, 0.05) is 30.5 Å². The summed E-state index contributed by atoms with van der Waals surface area (Å²) < 4.78 is 0. The summed E-state index contributed by atoms with van der Waals surface area (Å²) in [6.45, 7) is 0.651. The zero-order valence-electron chi connectivity index (χ0n) is 9.10. The van der Waals surface area contributed by atoms with Crippen LogP contribution in [-0.4, -0.2) is 31.2 Å². The zero-order valence-corrected chi connectivity index (χ0v) is 9.10. The van der Waals surface area contributed by atoms with Gasteiger partial charge in [-0.1, -0.05) is 6.07 Å². The number of hydrogen-bond donors (Lipinski definition) is 3. The maximum atomic E-state index is 11.3. The molecule has 86 valence electrons. The molecule has 5 heteroatoms. The smallest absolute Gasteiger partial charge is 0.245 e. The van der Waals surface area contributed by atoms with E-state index in [4.69, 9.17) is 10.8 Å². The van der Waals surface area contributed by atoms with Gasteiger partial charge in [0.15, 0.2) is 0 Å². The summed E-state index contributed by atoms with van der Waals surface area (Å²) in [6.07, 6.45) is 0. The second-order valence-corrected chi connectivity index (χ2v) is 3.88. The average Bonchev–Trinajstić information content (AvgIpc) is 2.55. The van der Waals surface area contributed by atoms with E-state index in [9.17, 15) is 4.79 Å². The molecule has 16 heavy (non-hydrogen) atoms. The molecule has 0 saturated heterocycles. The molecule has 0 radical (unpaired) electrons. The van der Waals surface area contributed by atoms with Crippen LogP contribution in [0.5, 0.6) is 0 Å². The number of fused-ring (bicyclic) bond motifs is 1. The van der Waals surface area contributed by atoms with Crippen LogP contribution in [-0.2, 0) is 4.79 Å². The van der Waals surface area contributed by atoms with Crippen LogP contribution >= 0.6 is 0 Å². The van der Waals surface area contributed by atoms with Gasteiger partial charge >= 0.3 is 0 Å². The maximum Gasteiger partial charge on any atom is 0.245 e. The molecule has 1 aliphatic heterocycles. The van der Waals surface area contributed by atoms with Crippen molar-refractivity contribution in [2.45, 2.75) is 6.04 Å². The number of rotatable bonds is 3. The number of carbonyl (C=O) groups is 1. The molecule has 2 rings (SSSR count). The first-order chi connectivity index (χ1) is 7.63. The van der Waals surface area contributed by atoms with Crippen molar-refractivity contribution in [1.82, 2.24) is 0 Å². The summed E-state index contributed by atoms with van der Waals surface area (Å²) in [6, 6.07) is 5.05. The third kappa shape index (κ3) is 1.75. The lowest BCUT2D eigenvalue weighted by molar-refractivity contribution is -0.116. The summed E-state index contributed by atoms with van der Waals surface area (Å²) in [5, 5.41) is 11.6. The molecule has 1 aromatic rings. The number of nitrogens with one attached hydrogen (secondary N) is 1. The van der Waals surface area contributed by atoms with E-state index in [0.29, 0.717) is 6.54 Å². The largest absolute Gasteiger partial charge is 0.395 e. The molecule has 1 heterocycles. The normalized spacial score (nSPS) is 18.2. The van der Waals surface area contributed by atoms with E-state index in [1.807, 2.05) is 30.1 Å². The maximum absolute atomic E-state index is 11.3. The third-order valence-corrected chi connectivity index (χ3v) is 2.79. The van der Waals surface area contributed by atoms with Crippen LogP contribution in [0.4, 0.5) is 11.4 Å². The average molecular weight is 221 g/mol. The molecule has 1 unspecified atom stereocenters. The predicted molar refractivity (Wildman–Crippen MR) is 62.4 cm³/mol. The fourth-order valence-electron chi connectivity index (χ4n) is 1.79. The number of aliphatic hydroxyl groups excluding tert-OH is 1. The number of hydrogen-bond acceptors (Lipinski definition) is 4. The van der Waals surface area contributed by atoms with E-state index in [1.165, 1.54) is 0 Å². The molecule has 1 amide bonds. The Labute approximate surface area is 93.9 Å². The van der Waals surface area contributed by atoms with Gasteiger partial charge in [-0.25, -0.2) is 0 Å². The Morgan fingerprint density at radius 1 is 1.56 bits per heavy atom. The molecule has 0 aromatic heterocycles. The van der Waals surface area contributed by atoms with Crippen molar-refractivity contribution >= 4 is 17.3 Å². The number of aliphatic hydroxyl groups is 1. The van der Waals surface area contributed by atoms with Gasteiger partial charge in [0.05, 0.1) is 6.61 Å². The minimum Gasteiger partial charge on any atom is -0.395 e. The van der Waals surface area contributed by atoms with Crippen molar-refractivity contribution in [2.75, 3.05) is 30.4 Å². The minimum absolute atomic E-state index is 0.0967. The van der Waals surface area contributed by atoms with Gasteiger partial charge < -0.3 is 21.1 Å². The zero-order chi connectivity index (χ0) is 11.7. The van der Waals surface area contributed by atoms with E-state index in [0.717, 1.165) is 16.9 Å². The number of nitrogens with two attached hydrogens (primary N) is 1. The summed E-state index contributed by atoms with van der Waals surface area (Å²) in [5.41, 5.74) is 8.24. The Balaban J connectivity index is 2.28. The van der Waals surface area contributed by atoms with Crippen molar-refractivity contribution < 1.29 is 9.90 Å². The highest BCUT2D eigenvalue weighted by Gasteiger charge is 2.27. The minimum atomic E-state index is -0.563. The highest BCUT2D eigenvalue weighted by atomic mass is 16.3. The third-order valence-electron chi connectivity index (χ3n) is 2.79. The standard InChI is InChI=1S/C11H15N3O2/c1-14(4-5-15)7-2-3-8-9(6-7)13-11(16)10(8)12/h2-3,6,10,15H,4-5,12H2,1H3,(H,13,16). The Kier molecular flexibility index (Phi) is 2.80. The highest BCUT2D eigenvalue weighted by Crippen LogP contribution is 2.32. The van der Waals surface area contributed by atoms with Crippen molar-refractivity contribution in [3.63, 3.8) is 0 Å². The summed E-state index contributed by atoms with van der Waals surface area (Å²) in [4.78, 5) is 13.3. The van der Waals surface area contributed by atoms with E-state index < -0.39 is 6.04 Å². The summed E-state index contributed by atoms with van der Waals surface area (Å²) in [5.74, 6) is -0.169. The first-order valence-corrected chi connectivity index (χ1v) is 5.16. The lowest BCUT2D eigenvalue weighted by atomic mass is 10.1. The van der Waals surface area contributed by atoms with Crippen LogP contribution in [0.1, 0.15) is 11.6 Å². The number of nitrogens with zero attached hydrogens (tertiary/aromatic N) is 1. The molecule has 0 aliphatic carbocycles. The van der Waals surface area contributed by atoms with Crippen molar-refractivity contribution in [2.24, 2.45) is 5.73 Å². The SMILES string of the molecule is CN(CCO)c1ccc2c(c1)NC(=O)C2N. The van der Waals surface area contributed by atoms with Gasteiger partial charge in [-0.05, 0) is 12.1 Å². The number of benzene rings is 1. The van der Waals surface area contributed by atoms with E-state index in [-0.39, 0.29) is 12.5 Å². The molecule has 5 nitrogen and oxygen atoms in total. The van der Waals surface area contributed by atoms with E-state index in [2.05, 4.69) is 5.32 Å².